The van der Waals surface area contributed by atoms with Crippen LogP contribution < -0.4 is 19.1 Å². The van der Waals surface area contributed by atoms with Gasteiger partial charge in [0.05, 0.1) is 24.8 Å². The molecule has 0 aliphatic heterocycles. The number of ether oxygens (including phenoxy) is 2. The highest BCUT2D eigenvalue weighted by molar-refractivity contribution is 7.92. The third-order valence-electron chi connectivity index (χ3n) is 7.39. The van der Waals surface area contributed by atoms with E-state index in [1.165, 1.54) is 49.5 Å². The number of hydrogen-bond acceptors (Lipinski definition) is 6. The molecule has 46 heavy (non-hydrogen) atoms. The molecule has 0 aromatic heterocycles. The summed E-state index contributed by atoms with van der Waals surface area (Å²) in [6.07, 6.45) is 0.198. The van der Waals surface area contributed by atoms with E-state index in [1.54, 1.807) is 6.92 Å². The zero-order valence-electron chi connectivity index (χ0n) is 26.3. The lowest BCUT2D eigenvalue weighted by Gasteiger charge is -2.34. The van der Waals surface area contributed by atoms with E-state index in [2.05, 4.69) is 5.32 Å². The number of aryl methyl sites for hydroxylation is 1. The number of benzene rings is 4. The van der Waals surface area contributed by atoms with E-state index < -0.39 is 34.3 Å². The number of amides is 2. The monoisotopic (exact) mass is 647 g/mol. The maximum Gasteiger partial charge on any atom is 0.264 e. The fraction of sp³-hybridized carbons (Fsp3) is 0.257. The molecule has 2 amide bonds. The second-order valence-corrected chi connectivity index (χ2v) is 12.5. The third-order valence-corrected chi connectivity index (χ3v) is 9.16. The molecular formula is C35H38FN3O6S. The Morgan fingerprint density at radius 2 is 1.52 bits per heavy atom. The highest BCUT2D eigenvalue weighted by atomic mass is 32.2. The van der Waals surface area contributed by atoms with Crippen LogP contribution in [0.2, 0.25) is 0 Å². The topological polar surface area (TPSA) is 105 Å². The lowest BCUT2D eigenvalue weighted by atomic mass is 10.0. The number of nitrogens with one attached hydrogen (secondary N) is 1. The molecule has 9 nitrogen and oxygen atoms in total. The summed E-state index contributed by atoms with van der Waals surface area (Å²) in [7, 11) is -1.61. The first-order valence-electron chi connectivity index (χ1n) is 14.7. The molecule has 242 valence electrons. The van der Waals surface area contributed by atoms with Gasteiger partial charge in [0.1, 0.15) is 18.4 Å². The molecule has 1 atom stereocenters. The van der Waals surface area contributed by atoms with Crippen molar-refractivity contribution in [3.05, 3.63) is 120 Å². The zero-order chi connectivity index (χ0) is 33.3. The maximum absolute atomic E-state index is 14.4. The minimum absolute atomic E-state index is 0.0445. The summed E-state index contributed by atoms with van der Waals surface area (Å²) < 4.78 is 53.9. The lowest BCUT2D eigenvalue weighted by molar-refractivity contribution is -0.140. The van der Waals surface area contributed by atoms with E-state index >= 15 is 0 Å². The number of nitrogens with zero attached hydrogens (tertiary/aromatic N) is 2. The molecule has 4 rings (SSSR count). The van der Waals surface area contributed by atoms with Crippen LogP contribution in [0.4, 0.5) is 10.1 Å². The predicted octanol–water partition coefficient (Wildman–Crippen LogP) is 5.12. The van der Waals surface area contributed by atoms with Gasteiger partial charge in [-0.2, -0.15) is 0 Å². The Morgan fingerprint density at radius 1 is 0.848 bits per heavy atom. The Morgan fingerprint density at radius 3 is 2.15 bits per heavy atom. The van der Waals surface area contributed by atoms with Crippen molar-refractivity contribution < 1.29 is 31.9 Å². The number of likely N-dealkylation sites (N-methyl/N-ethyl adjacent to an activating group) is 1. The number of rotatable bonds is 14. The number of carbonyl (C=O) groups excluding carboxylic acids is 2. The number of halogens is 1. The first-order chi connectivity index (χ1) is 22.1. The Kier molecular flexibility index (Phi) is 11.4. The van der Waals surface area contributed by atoms with Crippen molar-refractivity contribution in [3.63, 3.8) is 0 Å². The Bertz CT molecular complexity index is 1750. The first-order valence-corrected chi connectivity index (χ1v) is 16.2. The quantitative estimate of drug-likeness (QED) is 0.204. The number of methoxy groups -OCH3 is 2. The predicted molar refractivity (Wildman–Crippen MR) is 175 cm³/mol. The van der Waals surface area contributed by atoms with Crippen LogP contribution in [0, 0.1) is 12.7 Å². The van der Waals surface area contributed by atoms with E-state index in [9.17, 15) is 22.4 Å². The van der Waals surface area contributed by atoms with E-state index in [0.29, 0.717) is 12.3 Å². The normalized spacial score (nSPS) is 11.8. The van der Waals surface area contributed by atoms with Crippen LogP contribution in [-0.4, -0.2) is 58.5 Å². The molecule has 0 fully saturated rings. The Labute approximate surface area is 269 Å². The van der Waals surface area contributed by atoms with Gasteiger partial charge in [-0.1, -0.05) is 60.2 Å². The SMILES string of the molecule is CCNC(=O)[C@H](Cc1ccccc1)N(Cc1cccc(C)c1)C(=O)CN(c1ccc(F)cc1)S(=O)(=O)c1ccc(OC)c(OC)c1. The van der Waals surface area contributed by atoms with E-state index in [4.69, 9.17) is 9.47 Å². The van der Waals surface area contributed by atoms with Crippen LogP contribution >= 0.6 is 0 Å². The lowest BCUT2D eigenvalue weighted by Crippen LogP contribution is -2.53. The molecular weight excluding hydrogens is 609 g/mol. The molecule has 0 heterocycles. The van der Waals surface area contributed by atoms with Crippen molar-refractivity contribution in [2.75, 3.05) is 31.6 Å². The van der Waals surface area contributed by atoms with Gasteiger partial charge >= 0.3 is 0 Å². The van der Waals surface area contributed by atoms with Crippen molar-refractivity contribution in [1.29, 1.82) is 0 Å². The first kappa shape index (κ1) is 34.0. The summed E-state index contributed by atoms with van der Waals surface area (Å²) in [5.74, 6) is -1.07. The van der Waals surface area contributed by atoms with Crippen molar-refractivity contribution in [2.45, 2.75) is 37.8 Å². The average molecular weight is 648 g/mol. The molecule has 0 spiro atoms. The average Bonchev–Trinajstić information content (AvgIpc) is 3.05. The highest BCUT2D eigenvalue weighted by Gasteiger charge is 2.35. The van der Waals surface area contributed by atoms with Gasteiger partial charge in [-0.05, 0) is 61.4 Å². The van der Waals surface area contributed by atoms with Crippen LogP contribution in [0.1, 0.15) is 23.6 Å². The van der Waals surface area contributed by atoms with E-state index in [0.717, 1.165) is 33.1 Å². The number of sulfonamides is 1. The summed E-state index contributed by atoms with van der Waals surface area (Å²) in [6.45, 7) is 3.43. The standard InChI is InChI=1S/C35H38FN3O6S/c1-5-37-35(41)31(21-26-11-7-6-8-12-26)38(23-27-13-9-10-25(2)20-27)34(40)24-39(29-16-14-28(36)15-17-29)46(42,43)30-18-19-32(44-3)33(22-30)45-4/h6-20,22,31H,5,21,23-24H2,1-4H3,(H,37,41)/t31-/m0/s1. The molecule has 0 radical (unpaired) electrons. The second-order valence-electron chi connectivity index (χ2n) is 10.6. The second kappa shape index (κ2) is 15.4. The van der Waals surface area contributed by atoms with Crippen LogP contribution in [0.3, 0.4) is 0 Å². The molecule has 0 saturated heterocycles. The molecule has 0 aliphatic carbocycles. The van der Waals surface area contributed by atoms with Gasteiger partial charge in [-0.3, -0.25) is 13.9 Å². The maximum atomic E-state index is 14.4. The van der Waals surface area contributed by atoms with E-state index in [-0.39, 0.29) is 35.2 Å². The van der Waals surface area contributed by atoms with Gasteiger partial charge in [0.25, 0.3) is 10.0 Å². The van der Waals surface area contributed by atoms with Gasteiger partial charge in [-0.15, -0.1) is 0 Å². The number of anilines is 1. The van der Waals surface area contributed by atoms with E-state index in [1.807, 2.05) is 61.5 Å². The van der Waals surface area contributed by atoms with Crippen molar-refractivity contribution in [3.8, 4) is 11.5 Å². The van der Waals surface area contributed by atoms with Gasteiger partial charge in [0.15, 0.2) is 11.5 Å². The smallest absolute Gasteiger partial charge is 0.264 e. The van der Waals surface area contributed by atoms with Crippen LogP contribution in [0.15, 0.2) is 102 Å². The highest BCUT2D eigenvalue weighted by Crippen LogP contribution is 2.32. The van der Waals surface area contributed by atoms with Crippen molar-refractivity contribution >= 4 is 27.5 Å². The summed E-state index contributed by atoms with van der Waals surface area (Å²) in [5.41, 5.74) is 2.63. The molecule has 0 unspecified atom stereocenters. The fourth-order valence-electron chi connectivity index (χ4n) is 5.09. The van der Waals surface area contributed by atoms with Crippen molar-refractivity contribution in [2.24, 2.45) is 0 Å². The van der Waals surface area contributed by atoms with Crippen LogP contribution in [0.5, 0.6) is 11.5 Å². The molecule has 0 saturated carbocycles. The number of carbonyl (C=O) groups is 2. The van der Waals surface area contributed by atoms with Gasteiger partial charge in [0, 0.05) is 25.6 Å². The summed E-state index contributed by atoms with van der Waals surface area (Å²) in [4.78, 5) is 29.3. The molecule has 1 N–H and O–H groups in total. The number of hydrogen-bond donors (Lipinski definition) is 1. The molecule has 0 aliphatic rings. The molecule has 4 aromatic carbocycles. The largest absolute Gasteiger partial charge is 0.493 e. The molecule has 0 bridgehead atoms. The van der Waals surface area contributed by atoms with Crippen LogP contribution in [-0.2, 0) is 32.6 Å². The Balaban J connectivity index is 1.82. The zero-order valence-corrected chi connectivity index (χ0v) is 27.1. The fourth-order valence-corrected chi connectivity index (χ4v) is 6.52. The molecule has 4 aromatic rings. The molecule has 11 heteroatoms. The summed E-state index contributed by atoms with van der Waals surface area (Å²) in [6, 6.07) is 24.8. The summed E-state index contributed by atoms with van der Waals surface area (Å²) >= 11 is 0. The van der Waals surface area contributed by atoms with Gasteiger partial charge < -0.3 is 19.7 Å². The third kappa shape index (κ3) is 8.22. The minimum Gasteiger partial charge on any atom is -0.493 e. The van der Waals surface area contributed by atoms with Crippen LogP contribution in [0.25, 0.3) is 0 Å². The summed E-state index contributed by atoms with van der Waals surface area (Å²) in [5, 5.41) is 2.84. The minimum atomic E-state index is -4.42. The van der Waals surface area contributed by atoms with Gasteiger partial charge in [0.2, 0.25) is 11.8 Å². The van der Waals surface area contributed by atoms with Crippen molar-refractivity contribution in [1.82, 2.24) is 10.2 Å². The Hall–Kier alpha value is -4.90. The van der Waals surface area contributed by atoms with Gasteiger partial charge in [-0.25, -0.2) is 12.8 Å².